The number of fused-ring (bicyclic) bond motifs is 3. The lowest BCUT2D eigenvalue weighted by Crippen LogP contribution is -1.90. The summed E-state index contributed by atoms with van der Waals surface area (Å²) in [6.45, 7) is 0. The summed E-state index contributed by atoms with van der Waals surface area (Å²) in [5, 5.41) is 5.32. The molecule has 3 nitrogen and oxygen atoms in total. The normalized spacial score (nSPS) is 12.0. The van der Waals surface area contributed by atoms with Crippen LogP contribution in [0.3, 0.4) is 0 Å². The van der Waals surface area contributed by atoms with Crippen molar-refractivity contribution < 1.29 is 4.74 Å². The summed E-state index contributed by atoms with van der Waals surface area (Å²) in [4.78, 5) is 5.98. The minimum absolute atomic E-state index is 0.599. The van der Waals surface area contributed by atoms with Crippen molar-refractivity contribution in [3.8, 4) is 17.0 Å². The molecule has 3 aromatic rings. The quantitative estimate of drug-likeness (QED) is 0.501. The Labute approximate surface area is 147 Å². The molecule has 1 aromatic heterocycles. The van der Waals surface area contributed by atoms with Crippen LogP contribution < -0.4 is 10.1 Å². The van der Waals surface area contributed by atoms with Crippen LogP contribution in [0.4, 0.5) is 10.8 Å². The van der Waals surface area contributed by atoms with Crippen molar-refractivity contribution in [1.29, 1.82) is 0 Å². The number of hydrogen-bond donors (Lipinski definition) is 1. The Balaban J connectivity index is 1.65. The largest absolute Gasteiger partial charge is 0.497 e. The molecule has 0 fully saturated rings. The molecule has 0 saturated heterocycles. The molecule has 23 heavy (non-hydrogen) atoms. The number of nitrogens with one attached hydrogen (secondary N) is 1. The van der Waals surface area contributed by atoms with E-state index in [1.165, 1.54) is 16.0 Å². The van der Waals surface area contributed by atoms with Gasteiger partial charge in [-0.25, -0.2) is 4.98 Å². The Morgan fingerprint density at radius 3 is 2.65 bits per heavy atom. The van der Waals surface area contributed by atoms with Gasteiger partial charge in [-0.1, -0.05) is 23.2 Å². The van der Waals surface area contributed by atoms with E-state index in [1.807, 2.05) is 18.2 Å². The second-order valence-corrected chi connectivity index (χ2v) is 7.23. The van der Waals surface area contributed by atoms with Crippen LogP contribution in [0.1, 0.15) is 10.4 Å². The number of nitrogens with zero attached hydrogens (tertiary/aromatic N) is 1. The lowest BCUT2D eigenvalue weighted by atomic mass is 10.1. The third-order valence-corrected chi connectivity index (χ3v) is 5.14. The molecule has 4 rings (SSSR count). The molecule has 1 N–H and O–H groups in total. The van der Waals surface area contributed by atoms with Gasteiger partial charge in [0.25, 0.3) is 0 Å². The summed E-state index contributed by atoms with van der Waals surface area (Å²) in [6.07, 6.45) is 0.886. The van der Waals surface area contributed by atoms with Gasteiger partial charge in [0.2, 0.25) is 0 Å². The zero-order chi connectivity index (χ0) is 16.0. The van der Waals surface area contributed by atoms with Gasteiger partial charge < -0.3 is 10.1 Å². The first kappa shape index (κ1) is 14.8. The molecule has 0 bridgehead atoms. The van der Waals surface area contributed by atoms with Crippen molar-refractivity contribution >= 4 is 45.4 Å². The predicted octanol–water partition coefficient (Wildman–Crippen LogP) is 5.77. The van der Waals surface area contributed by atoms with Crippen LogP contribution in [-0.4, -0.2) is 12.1 Å². The molecule has 0 unspecified atom stereocenters. The first-order valence-corrected chi connectivity index (χ1v) is 8.60. The Kier molecular flexibility index (Phi) is 3.68. The maximum absolute atomic E-state index is 6.03. The smallest absolute Gasteiger partial charge is 0.187 e. The van der Waals surface area contributed by atoms with E-state index in [9.17, 15) is 0 Å². The highest BCUT2D eigenvalue weighted by Crippen LogP contribution is 2.43. The molecular formula is C17H12Cl2N2OS. The second-order valence-electron chi connectivity index (χ2n) is 5.27. The third kappa shape index (κ3) is 2.78. The average molecular weight is 363 g/mol. The van der Waals surface area contributed by atoms with Crippen LogP contribution in [0.15, 0.2) is 36.4 Å². The predicted molar refractivity (Wildman–Crippen MR) is 96.7 cm³/mol. The Morgan fingerprint density at radius 2 is 1.91 bits per heavy atom. The second kappa shape index (κ2) is 5.71. The van der Waals surface area contributed by atoms with Gasteiger partial charge in [-0.3, -0.25) is 0 Å². The van der Waals surface area contributed by atoms with Crippen molar-refractivity contribution in [2.24, 2.45) is 0 Å². The van der Waals surface area contributed by atoms with Crippen LogP contribution in [0, 0.1) is 0 Å². The molecule has 2 aromatic carbocycles. The molecule has 0 amide bonds. The average Bonchev–Trinajstić information content (AvgIpc) is 3.02. The van der Waals surface area contributed by atoms with Crippen molar-refractivity contribution in [2.75, 3.05) is 12.4 Å². The first-order valence-electron chi connectivity index (χ1n) is 7.02. The molecule has 0 aliphatic heterocycles. The molecule has 0 radical (unpaired) electrons. The van der Waals surface area contributed by atoms with Crippen LogP contribution in [0.2, 0.25) is 10.0 Å². The van der Waals surface area contributed by atoms with Crippen LogP contribution >= 0.6 is 34.5 Å². The molecule has 1 aliphatic rings. The van der Waals surface area contributed by atoms with E-state index < -0.39 is 0 Å². The molecule has 116 valence electrons. The minimum atomic E-state index is 0.599. The van der Waals surface area contributed by atoms with E-state index in [-0.39, 0.29) is 0 Å². The molecule has 0 saturated carbocycles. The topological polar surface area (TPSA) is 34.1 Å². The van der Waals surface area contributed by atoms with E-state index in [2.05, 4.69) is 17.4 Å². The fourth-order valence-electron chi connectivity index (χ4n) is 2.73. The molecule has 1 aliphatic carbocycles. The highest BCUT2D eigenvalue weighted by molar-refractivity contribution is 7.16. The number of hydrogen-bond acceptors (Lipinski definition) is 4. The maximum atomic E-state index is 6.03. The summed E-state index contributed by atoms with van der Waals surface area (Å²) < 4.78 is 5.29. The van der Waals surface area contributed by atoms with Gasteiger partial charge in [-0.15, -0.1) is 11.3 Å². The molecule has 6 heteroatoms. The molecule has 0 spiro atoms. The van der Waals surface area contributed by atoms with E-state index in [4.69, 9.17) is 32.9 Å². The lowest BCUT2D eigenvalue weighted by molar-refractivity contribution is 0.414. The molecule has 0 atom stereocenters. The maximum Gasteiger partial charge on any atom is 0.187 e. The summed E-state index contributed by atoms with van der Waals surface area (Å²) in [7, 11) is 1.68. The van der Waals surface area contributed by atoms with Gasteiger partial charge >= 0.3 is 0 Å². The number of benzene rings is 2. The van der Waals surface area contributed by atoms with Gasteiger partial charge in [0.1, 0.15) is 5.75 Å². The highest BCUT2D eigenvalue weighted by atomic mass is 35.5. The third-order valence-electron chi connectivity index (χ3n) is 3.73. The SMILES string of the molecule is COc1ccc2c(c1)Cc1sc(Nc3cc(Cl)cc(Cl)c3)nc1-2. The van der Waals surface area contributed by atoms with Crippen molar-refractivity contribution in [3.05, 3.63) is 56.9 Å². The van der Waals surface area contributed by atoms with Crippen molar-refractivity contribution in [1.82, 2.24) is 4.98 Å². The van der Waals surface area contributed by atoms with Crippen LogP contribution in [-0.2, 0) is 6.42 Å². The number of halogens is 2. The van der Waals surface area contributed by atoms with E-state index in [0.29, 0.717) is 10.0 Å². The fraction of sp³-hybridized carbons (Fsp3) is 0.118. The lowest BCUT2D eigenvalue weighted by Gasteiger charge is -2.05. The van der Waals surface area contributed by atoms with Crippen LogP contribution in [0.25, 0.3) is 11.3 Å². The zero-order valence-electron chi connectivity index (χ0n) is 12.2. The Morgan fingerprint density at radius 1 is 1.13 bits per heavy atom. The van der Waals surface area contributed by atoms with Gasteiger partial charge in [0.05, 0.1) is 12.8 Å². The van der Waals surface area contributed by atoms with Gasteiger partial charge in [-0.05, 0) is 42.0 Å². The van der Waals surface area contributed by atoms with Crippen molar-refractivity contribution in [3.63, 3.8) is 0 Å². The zero-order valence-corrected chi connectivity index (χ0v) is 14.5. The van der Waals surface area contributed by atoms with E-state index >= 15 is 0 Å². The highest BCUT2D eigenvalue weighted by Gasteiger charge is 2.23. The number of thiazole rings is 1. The first-order chi connectivity index (χ1) is 11.1. The number of rotatable bonds is 3. The van der Waals surface area contributed by atoms with Gasteiger partial charge in [-0.2, -0.15) is 0 Å². The van der Waals surface area contributed by atoms with Gasteiger partial charge in [0.15, 0.2) is 5.13 Å². The molecule has 1 heterocycles. The monoisotopic (exact) mass is 362 g/mol. The number of aromatic nitrogens is 1. The van der Waals surface area contributed by atoms with Crippen molar-refractivity contribution in [2.45, 2.75) is 6.42 Å². The molecular weight excluding hydrogens is 351 g/mol. The van der Waals surface area contributed by atoms with Crippen LogP contribution in [0.5, 0.6) is 5.75 Å². The Hall–Kier alpha value is -1.75. The standard InChI is InChI=1S/C17H12Cl2N2OS/c1-22-13-2-3-14-9(4-13)5-15-16(14)21-17(23-15)20-12-7-10(18)6-11(19)8-12/h2-4,6-8H,5H2,1H3,(H,20,21). The van der Waals surface area contributed by atoms with E-state index in [0.717, 1.165) is 28.7 Å². The summed E-state index contributed by atoms with van der Waals surface area (Å²) in [6, 6.07) is 11.5. The summed E-state index contributed by atoms with van der Waals surface area (Å²) in [5.74, 6) is 0.880. The number of methoxy groups -OCH3 is 1. The summed E-state index contributed by atoms with van der Waals surface area (Å²) >= 11 is 13.7. The Bertz CT molecular complexity index is 887. The number of ether oxygens (including phenoxy) is 1. The minimum Gasteiger partial charge on any atom is -0.497 e. The van der Waals surface area contributed by atoms with Gasteiger partial charge in [0, 0.05) is 32.6 Å². The fourth-order valence-corrected chi connectivity index (χ4v) is 4.28. The number of anilines is 2. The summed E-state index contributed by atoms with van der Waals surface area (Å²) in [5.41, 5.74) is 4.32. The van der Waals surface area contributed by atoms with E-state index in [1.54, 1.807) is 24.5 Å².